The Morgan fingerprint density at radius 2 is 1.56 bits per heavy atom. The zero-order valence-electron chi connectivity index (χ0n) is 14.3. The van der Waals surface area contributed by atoms with Crippen molar-refractivity contribution < 1.29 is 19.8 Å². The van der Waals surface area contributed by atoms with E-state index in [2.05, 4.69) is 5.32 Å². The number of hydrogen-bond donors (Lipinski definition) is 3. The fourth-order valence-electron chi connectivity index (χ4n) is 2.55. The maximum atomic E-state index is 12.4. The van der Waals surface area contributed by atoms with Crippen LogP contribution >= 0.6 is 0 Å². The molecule has 0 aliphatic heterocycles. The third kappa shape index (κ3) is 4.41. The highest BCUT2D eigenvalue weighted by Gasteiger charge is 2.14. The number of benzene rings is 3. The van der Waals surface area contributed by atoms with Crippen molar-refractivity contribution in [2.24, 2.45) is 0 Å². The Labute approximate surface area is 156 Å². The van der Waals surface area contributed by atoms with E-state index in [1.54, 1.807) is 78.9 Å². The minimum absolute atomic E-state index is 0.000936. The molecular formula is C22H17NO4. The van der Waals surface area contributed by atoms with Gasteiger partial charge in [0.05, 0.1) is 11.3 Å². The molecule has 0 heterocycles. The van der Waals surface area contributed by atoms with Crippen molar-refractivity contribution in [3.63, 3.8) is 0 Å². The van der Waals surface area contributed by atoms with Crippen molar-refractivity contribution in [2.45, 2.75) is 0 Å². The fourth-order valence-corrected chi connectivity index (χ4v) is 2.55. The number of para-hydroxylation sites is 1. The minimum atomic E-state index is -1.13. The Morgan fingerprint density at radius 3 is 2.26 bits per heavy atom. The molecule has 134 valence electrons. The summed E-state index contributed by atoms with van der Waals surface area (Å²) in [7, 11) is 0. The molecule has 27 heavy (non-hydrogen) atoms. The monoisotopic (exact) mass is 359 g/mol. The first-order valence-corrected chi connectivity index (χ1v) is 8.24. The van der Waals surface area contributed by atoms with Crippen molar-refractivity contribution in [1.29, 1.82) is 0 Å². The number of carboxylic acid groups (broad SMARTS) is 1. The molecule has 0 aliphatic rings. The molecule has 0 aliphatic carbocycles. The Bertz CT molecular complexity index is 1010. The molecule has 3 rings (SSSR count). The van der Waals surface area contributed by atoms with Crippen LogP contribution in [0.4, 0.5) is 5.69 Å². The summed E-state index contributed by atoms with van der Waals surface area (Å²) in [5, 5.41) is 21.9. The van der Waals surface area contributed by atoms with Crippen LogP contribution in [0.2, 0.25) is 0 Å². The molecule has 0 atom stereocenters. The van der Waals surface area contributed by atoms with Gasteiger partial charge in [-0.3, -0.25) is 4.79 Å². The number of phenolic OH excluding ortho intramolecular Hbond substituents is 1. The van der Waals surface area contributed by atoms with Crippen molar-refractivity contribution in [1.82, 2.24) is 0 Å². The molecule has 5 heteroatoms. The smallest absolute Gasteiger partial charge is 0.337 e. The summed E-state index contributed by atoms with van der Waals surface area (Å²) < 4.78 is 0. The fraction of sp³-hybridized carbons (Fsp3) is 0. The van der Waals surface area contributed by atoms with Crippen molar-refractivity contribution in [3.05, 3.63) is 95.1 Å². The van der Waals surface area contributed by atoms with Crippen LogP contribution in [0, 0.1) is 0 Å². The first-order chi connectivity index (χ1) is 13.0. The number of nitrogens with one attached hydrogen (secondary N) is 1. The van der Waals surface area contributed by atoms with Gasteiger partial charge in [-0.25, -0.2) is 4.79 Å². The highest BCUT2D eigenvalue weighted by Crippen LogP contribution is 2.23. The van der Waals surface area contributed by atoms with Crippen LogP contribution in [0.3, 0.4) is 0 Å². The Kier molecular flexibility index (Phi) is 5.33. The van der Waals surface area contributed by atoms with Crippen molar-refractivity contribution >= 4 is 29.7 Å². The summed E-state index contributed by atoms with van der Waals surface area (Å²) in [5.41, 5.74) is 1.96. The molecule has 3 N–H and O–H groups in total. The van der Waals surface area contributed by atoms with Gasteiger partial charge in [-0.15, -0.1) is 0 Å². The summed E-state index contributed by atoms with van der Waals surface area (Å²) in [5.74, 6) is -1.37. The van der Waals surface area contributed by atoms with Crippen LogP contribution in [-0.4, -0.2) is 22.1 Å². The van der Waals surface area contributed by atoms with Crippen LogP contribution in [0.15, 0.2) is 72.8 Å². The predicted octanol–water partition coefficient (Wildman–Crippen LogP) is 4.51. The van der Waals surface area contributed by atoms with Gasteiger partial charge in [-0.2, -0.15) is 0 Å². The molecule has 0 unspecified atom stereocenters. The standard InChI is InChI=1S/C22H17NO4/c24-20-9-5-4-6-16(20)12-10-15-11-13-18(22(26)27)19(14-15)23-21(25)17-7-2-1-3-8-17/h1-14,24H,(H,23,25)(H,26,27)/b12-10+. The van der Waals surface area contributed by atoms with E-state index >= 15 is 0 Å². The van der Waals surface area contributed by atoms with E-state index in [9.17, 15) is 19.8 Å². The average molecular weight is 359 g/mol. The summed E-state index contributed by atoms with van der Waals surface area (Å²) in [6.07, 6.45) is 3.45. The van der Waals surface area contributed by atoms with Gasteiger partial charge in [0.15, 0.2) is 0 Å². The van der Waals surface area contributed by atoms with E-state index in [0.29, 0.717) is 16.7 Å². The van der Waals surface area contributed by atoms with Crippen LogP contribution in [0.1, 0.15) is 31.8 Å². The number of carbonyl (C=O) groups is 2. The maximum Gasteiger partial charge on any atom is 0.337 e. The van der Waals surface area contributed by atoms with Gasteiger partial charge in [0.2, 0.25) is 0 Å². The molecule has 0 radical (unpaired) electrons. The number of anilines is 1. The van der Waals surface area contributed by atoms with Gasteiger partial charge in [0, 0.05) is 11.1 Å². The van der Waals surface area contributed by atoms with Crippen LogP contribution < -0.4 is 5.32 Å². The number of aromatic carboxylic acids is 1. The van der Waals surface area contributed by atoms with Crippen molar-refractivity contribution in [3.8, 4) is 5.75 Å². The van der Waals surface area contributed by atoms with Crippen LogP contribution in [-0.2, 0) is 0 Å². The molecule has 5 nitrogen and oxygen atoms in total. The van der Waals surface area contributed by atoms with E-state index in [0.717, 1.165) is 0 Å². The van der Waals surface area contributed by atoms with E-state index in [-0.39, 0.29) is 22.9 Å². The van der Waals surface area contributed by atoms with Gasteiger partial charge >= 0.3 is 5.97 Å². The maximum absolute atomic E-state index is 12.4. The van der Waals surface area contributed by atoms with E-state index in [1.807, 2.05) is 0 Å². The molecule has 0 spiro atoms. The molecule has 3 aromatic rings. The zero-order valence-corrected chi connectivity index (χ0v) is 14.3. The molecule has 3 aromatic carbocycles. The minimum Gasteiger partial charge on any atom is -0.507 e. The van der Waals surface area contributed by atoms with Gasteiger partial charge in [-0.05, 0) is 35.9 Å². The topological polar surface area (TPSA) is 86.6 Å². The van der Waals surface area contributed by atoms with Crippen LogP contribution in [0.5, 0.6) is 5.75 Å². The molecule has 0 aromatic heterocycles. The lowest BCUT2D eigenvalue weighted by molar-refractivity contribution is 0.0698. The van der Waals surface area contributed by atoms with Gasteiger partial charge < -0.3 is 15.5 Å². The van der Waals surface area contributed by atoms with Crippen molar-refractivity contribution in [2.75, 3.05) is 5.32 Å². The normalized spacial score (nSPS) is 10.7. The Balaban J connectivity index is 1.90. The molecule has 0 saturated carbocycles. The lowest BCUT2D eigenvalue weighted by Gasteiger charge is -2.10. The molecule has 0 saturated heterocycles. The van der Waals surface area contributed by atoms with Gasteiger partial charge in [-0.1, -0.05) is 54.6 Å². The molecule has 1 amide bonds. The summed E-state index contributed by atoms with van der Waals surface area (Å²) in [4.78, 5) is 23.8. The first-order valence-electron chi connectivity index (χ1n) is 8.24. The summed E-state index contributed by atoms with van der Waals surface area (Å²) in [6, 6.07) is 20.1. The quantitative estimate of drug-likeness (QED) is 0.585. The highest BCUT2D eigenvalue weighted by atomic mass is 16.4. The third-order valence-electron chi connectivity index (χ3n) is 3.95. The summed E-state index contributed by atoms with van der Waals surface area (Å²) in [6.45, 7) is 0. The highest BCUT2D eigenvalue weighted by molar-refractivity contribution is 6.08. The Morgan fingerprint density at radius 1 is 0.852 bits per heavy atom. The largest absolute Gasteiger partial charge is 0.507 e. The number of carbonyl (C=O) groups excluding carboxylic acids is 1. The number of rotatable bonds is 5. The second-order valence-corrected chi connectivity index (χ2v) is 5.82. The van der Waals surface area contributed by atoms with E-state index in [4.69, 9.17) is 0 Å². The van der Waals surface area contributed by atoms with E-state index in [1.165, 1.54) is 6.07 Å². The number of phenols is 1. The number of amides is 1. The number of hydrogen-bond acceptors (Lipinski definition) is 3. The SMILES string of the molecule is O=C(Nc1cc(/C=C/c2ccccc2O)ccc1C(=O)O)c1ccccc1. The second kappa shape index (κ2) is 8.01. The lowest BCUT2D eigenvalue weighted by Crippen LogP contribution is -2.14. The Hall–Kier alpha value is -3.86. The first kappa shape index (κ1) is 17.9. The second-order valence-electron chi connectivity index (χ2n) is 5.82. The molecule has 0 bridgehead atoms. The van der Waals surface area contributed by atoms with Crippen LogP contribution in [0.25, 0.3) is 12.2 Å². The van der Waals surface area contributed by atoms with Gasteiger partial charge in [0.1, 0.15) is 5.75 Å². The third-order valence-corrected chi connectivity index (χ3v) is 3.95. The molecule has 0 fully saturated rings. The average Bonchev–Trinajstić information content (AvgIpc) is 2.68. The predicted molar refractivity (Wildman–Crippen MR) is 105 cm³/mol. The van der Waals surface area contributed by atoms with Gasteiger partial charge in [0.25, 0.3) is 5.91 Å². The molecular weight excluding hydrogens is 342 g/mol. The summed E-state index contributed by atoms with van der Waals surface area (Å²) >= 11 is 0. The zero-order chi connectivity index (χ0) is 19.2. The lowest BCUT2D eigenvalue weighted by atomic mass is 10.1. The number of carboxylic acids is 1. The number of aromatic hydroxyl groups is 1. The van der Waals surface area contributed by atoms with E-state index < -0.39 is 5.97 Å².